The van der Waals surface area contributed by atoms with Gasteiger partial charge in [-0.3, -0.25) is 4.68 Å². The van der Waals surface area contributed by atoms with E-state index in [0.717, 1.165) is 5.82 Å². The van der Waals surface area contributed by atoms with E-state index in [1.54, 1.807) is 4.68 Å². The van der Waals surface area contributed by atoms with Crippen LogP contribution in [0.25, 0.3) is 0 Å². The predicted octanol–water partition coefficient (Wildman–Crippen LogP) is 0.861. The van der Waals surface area contributed by atoms with E-state index >= 15 is 0 Å². The molecule has 0 bridgehead atoms. The lowest BCUT2D eigenvalue weighted by Crippen LogP contribution is -2.29. The second kappa shape index (κ2) is 2.86. The van der Waals surface area contributed by atoms with Gasteiger partial charge in [-0.25, -0.2) is 4.98 Å². The minimum absolute atomic E-state index is 0.0286. The Morgan fingerprint density at radius 2 is 2.08 bits per heavy atom. The molecule has 4 heteroatoms. The number of hydrogen-bond acceptors (Lipinski definition) is 3. The highest BCUT2D eigenvalue weighted by Crippen LogP contribution is 2.28. The van der Waals surface area contributed by atoms with Crippen LogP contribution in [0.1, 0.15) is 32.6 Å². The second-order valence-corrected chi connectivity index (χ2v) is 4.09. The summed E-state index contributed by atoms with van der Waals surface area (Å²) in [5.41, 5.74) is 6.02. The predicted molar refractivity (Wildman–Crippen MR) is 47.4 cm³/mol. The van der Waals surface area contributed by atoms with Crippen molar-refractivity contribution in [2.24, 2.45) is 18.2 Å². The molecule has 68 valence electrons. The SMILES string of the molecule is Cn1ncnc1C(N)C(C)(C)C. The van der Waals surface area contributed by atoms with Gasteiger partial charge in [-0.1, -0.05) is 20.8 Å². The minimum Gasteiger partial charge on any atom is -0.321 e. The molecule has 0 fully saturated rings. The Labute approximate surface area is 72.8 Å². The molecule has 0 aromatic carbocycles. The zero-order valence-electron chi connectivity index (χ0n) is 8.07. The molecule has 0 aliphatic rings. The van der Waals surface area contributed by atoms with Crippen molar-refractivity contribution < 1.29 is 0 Å². The lowest BCUT2D eigenvalue weighted by Gasteiger charge is -2.25. The van der Waals surface area contributed by atoms with Gasteiger partial charge in [0.1, 0.15) is 12.2 Å². The zero-order valence-corrected chi connectivity index (χ0v) is 8.07. The molecule has 0 radical (unpaired) electrons. The summed E-state index contributed by atoms with van der Waals surface area (Å²) >= 11 is 0. The first-order valence-corrected chi connectivity index (χ1v) is 4.02. The van der Waals surface area contributed by atoms with E-state index in [-0.39, 0.29) is 11.5 Å². The molecule has 1 atom stereocenters. The molecular weight excluding hydrogens is 152 g/mol. The zero-order chi connectivity index (χ0) is 9.35. The summed E-state index contributed by atoms with van der Waals surface area (Å²) in [5, 5.41) is 3.98. The molecule has 0 amide bonds. The maximum absolute atomic E-state index is 5.99. The molecule has 0 aliphatic carbocycles. The standard InChI is InChI=1S/C8H16N4/c1-8(2,3)6(9)7-10-5-11-12(7)4/h5-6H,9H2,1-4H3. The van der Waals surface area contributed by atoms with Gasteiger partial charge in [-0.05, 0) is 5.41 Å². The summed E-state index contributed by atoms with van der Waals surface area (Å²) in [5.74, 6) is 0.836. The fraction of sp³-hybridized carbons (Fsp3) is 0.750. The first-order chi connectivity index (χ1) is 5.43. The third-order valence-electron chi connectivity index (χ3n) is 1.96. The van der Waals surface area contributed by atoms with E-state index in [9.17, 15) is 0 Å². The maximum atomic E-state index is 5.99. The summed E-state index contributed by atoms with van der Waals surface area (Å²) < 4.78 is 1.72. The Hall–Kier alpha value is -0.900. The molecule has 1 rings (SSSR count). The highest BCUT2D eigenvalue weighted by Gasteiger charge is 2.25. The Morgan fingerprint density at radius 3 is 2.42 bits per heavy atom. The summed E-state index contributed by atoms with van der Waals surface area (Å²) in [6, 6.07) is -0.0648. The Balaban J connectivity index is 2.92. The van der Waals surface area contributed by atoms with Crippen molar-refractivity contribution in [3.63, 3.8) is 0 Å². The number of hydrogen-bond donors (Lipinski definition) is 1. The molecule has 1 unspecified atom stereocenters. The third kappa shape index (κ3) is 1.64. The Morgan fingerprint density at radius 1 is 1.50 bits per heavy atom. The van der Waals surface area contributed by atoms with Crippen molar-refractivity contribution in [2.45, 2.75) is 26.8 Å². The molecule has 0 spiro atoms. The highest BCUT2D eigenvalue weighted by molar-refractivity contribution is 4.97. The largest absolute Gasteiger partial charge is 0.321 e. The van der Waals surface area contributed by atoms with E-state index in [0.29, 0.717) is 0 Å². The van der Waals surface area contributed by atoms with Gasteiger partial charge in [0, 0.05) is 7.05 Å². The number of rotatable bonds is 1. The van der Waals surface area contributed by atoms with Crippen LogP contribution in [0.5, 0.6) is 0 Å². The summed E-state index contributed by atoms with van der Waals surface area (Å²) in [4.78, 5) is 4.11. The van der Waals surface area contributed by atoms with Gasteiger partial charge in [-0.15, -0.1) is 0 Å². The van der Waals surface area contributed by atoms with Gasteiger partial charge in [0.05, 0.1) is 6.04 Å². The number of nitrogens with zero attached hydrogens (tertiary/aromatic N) is 3. The van der Waals surface area contributed by atoms with Crippen molar-refractivity contribution >= 4 is 0 Å². The summed E-state index contributed by atoms with van der Waals surface area (Å²) in [6.45, 7) is 6.27. The molecule has 1 heterocycles. The molecule has 0 aliphatic heterocycles. The molecule has 4 nitrogen and oxygen atoms in total. The van der Waals surface area contributed by atoms with Crippen molar-refractivity contribution in [3.8, 4) is 0 Å². The highest BCUT2D eigenvalue weighted by atomic mass is 15.3. The van der Waals surface area contributed by atoms with E-state index in [1.165, 1.54) is 6.33 Å². The number of nitrogens with two attached hydrogens (primary N) is 1. The van der Waals surface area contributed by atoms with Crippen LogP contribution in [0.2, 0.25) is 0 Å². The van der Waals surface area contributed by atoms with Gasteiger partial charge in [-0.2, -0.15) is 5.10 Å². The lowest BCUT2D eigenvalue weighted by molar-refractivity contribution is 0.308. The quantitative estimate of drug-likeness (QED) is 0.676. The van der Waals surface area contributed by atoms with E-state index in [2.05, 4.69) is 30.9 Å². The van der Waals surface area contributed by atoms with Crippen LogP contribution < -0.4 is 5.73 Å². The minimum atomic E-state index is -0.0648. The van der Waals surface area contributed by atoms with Crippen molar-refractivity contribution in [1.82, 2.24) is 14.8 Å². The average molecular weight is 168 g/mol. The van der Waals surface area contributed by atoms with E-state index in [4.69, 9.17) is 5.73 Å². The van der Waals surface area contributed by atoms with Crippen molar-refractivity contribution in [1.29, 1.82) is 0 Å². The van der Waals surface area contributed by atoms with Crippen LogP contribution in [0, 0.1) is 5.41 Å². The number of aromatic nitrogens is 3. The van der Waals surface area contributed by atoms with Crippen LogP contribution in [0.15, 0.2) is 6.33 Å². The van der Waals surface area contributed by atoms with Crippen LogP contribution in [-0.2, 0) is 7.05 Å². The first kappa shape index (κ1) is 9.19. The average Bonchev–Trinajstić information content (AvgIpc) is 2.31. The van der Waals surface area contributed by atoms with Crippen LogP contribution in [0.3, 0.4) is 0 Å². The van der Waals surface area contributed by atoms with Gasteiger partial charge in [0.25, 0.3) is 0 Å². The van der Waals surface area contributed by atoms with Crippen LogP contribution in [0.4, 0.5) is 0 Å². The van der Waals surface area contributed by atoms with Gasteiger partial charge < -0.3 is 5.73 Å². The topological polar surface area (TPSA) is 56.7 Å². The van der Waals surface area contributed by atoms with E-state index < -0.39 is 0 Å². The van der Waals surface area contributed by atoms with Crippen molar-refractivity contribution in [3.05, 3.63) is 12.2 Å². The molecule has 2 N–H and O–H groups in total. The third-order valence-corrected chi connectivity index (χ3v) is 1.96. The Bertz CT molecular complexity index is 258. The van der Waals surface area contributed by atoms with Crippen LogP contribution in [-0.4, -0.2) is 14.8 Å². The molecule has 1 aromatic heterocycles. The summed E-state index contributed by atoms with van der Waals surface area (Å²) in [7, 11) is 1.86. The normalized spacial score (nSPS) is 14.8. The molecule has 1 aromatic rings. The second-order valence-electron chi connectivity index (χ2n) is 4.09. The molecule has 0 saturated heterocycles. The summed E-state index contributed by atoms with van der Waals surface area (Å²) in [6.07, 6.45) is 1.53. The molecule has 12 heavy (non-hydrogen) atoms. The maximum Gasteiger partial charge on any atom is 0.144 e. The fourth-order valence-corrected chi connectivity index (χ4v) is 0.974. The van der Waals surface area contributed by atoms with E-state index in [1.807, 2.05) is 7.05 Å². The van der Waals surface area contributed by atoms with Gasteiger partial charge in [0.15, 0.2) is 0 Å². The Kier molecular flexibility index (Phi) is 2.19. The number of aryl methyl sites for hydroxylation is 1. The monoisotopic (exact) mass is 168 g/mol. The lowest BCUT2D eigenvalue weighted by atomic mass is 9.87. The fourth-order valence-electron chi connectivity index (χ4n) is 0.974. The first-order valence-electron chi connectivity index (χ1n) is 4.02. The van der Waals surface area contributed by atoms with Gasteiger partial charge >= 0.3 is 0 Å². The van der Waals surface area contributed by atoms with Crippen LogP contribution >= 0.6 is 0 Å². The molecule has 0 saturated carbocycles. The smallest absolute Gasteiger partial charge is 0.144 e. The van der Waals surface area contributed by atoms with Crippen molar-refractivity contribution in [2.75, 3.05) is 0 Å². The van der Waals surface area contributed by atoms with Gasteiger partial charge in [0.2, 0.25) is 0 Å². The molecular formula is C8H16N4.